The van der Waals surface area contributed by atoms with Gasteiger partial charge in [-0.1, -0.05) is 25.0 Å². The van der Waals surface area contributed by atoms with Crippen molar-refractivity contribution in [3.05, 3.63) is 29.8 Å². The molecule has 2 atom stereocenters. The zero-order valence-electron chi connectivity index (χ0n) is 11.9. The zero-order valence-corrected chi connectivity index (χ0v) is 12.7. The summed E-state index contributed by atoms with van der Waals surface area (Å²) in [4.78, 5) is 0.384. The highest BCUT2D eigenvalue weighted by Crippen LogP contribution is 2.33. The Kier molecular flexibility index (Phi) is 4.31. The van der Waals surface area contributed by atoms with Gasteiger partial charge in [-0.25, -0.2) is 8.42 Å². The van der Waals surface area contributed by atoms with Gasteiger partial charge in [0.25, 0.3) is 0 Å². The van der Waals surface area contributed by atoms with E-state index in [2.05, 4.69) is 19.2 Å². The lowest BCUT2D eigenvalue weighted by atomic mass is 10.1. The molecule has 1 aromatic rings. The van der Waals surface area contributed by atoms with Crippen LogP contribution in [0.15, 0.2) is 29.2 Å². The van der Waals surface area contributed by atoms with Crippen molar-refractivity contribution in [3.8, 4) is 0 Å². The third kappa shape index (κ3) is 4.32. The molecule has 0 aromatic heterocycles. The second-order valence-corrected chi connectivity index (χ2v) is 7.83. The van der Waals surface area contributed by atoms with E-state index in [9.17, 15) is 8.42 Å². The Labute approximate surface area is 116 Å². The molecule has 1 N–H and O–H groups in total. The summed E-state index contributed by atoms with van der Waals surface area (Å²) in [5.41, 5.74) is 1.13. The largest absolute Gasteiger partial charge is 0.308 e. The SMILES string of the molecule is CC(CC1CC1)NC(C)c1ccc(S(C)(=O)=O)cc1. The minimum atomic E-state index is -3.10. The van der Waals surface area contributed by atoms with Crippen molar-refractivity contribution >= 4 is 9.84 Å². The molecule has 19 heavy (non-hydrogen) atoms. The van der Waals surface area contributed by atoms with E-state index < -0.39 is 9.84 Å². The maximum absolute atomic E-state index is 11.4. The Morgan fingerprint density at radius 2 is 1.79 bits per heavy atom. The second kappa shape index (κ2) is 5.63. The summed E-state index contributed by atoms with van der Waals surface area (Å²) < 4.78 is 22.8. The first-order valence-electron chi connectivity index (χ1n) is 6.92. The highest BCUT2D eigenvalue weighted by Gasteiger charge is 2.24. The number of rotatable bonds is 6. The van der Waals surface area contributed by atoms with E-state index in [-0.39, 0.29) is 6.04 Å². The number of hydrogen-bond donors (Lipinski definition) is 1. The Morgan fingerprint density at radius 1 is 1.21 bits per heavy atom. The van der Waals surface area contributed by atoms with Crippen molar-refractivity contribution < 1.29 is 8.42 Å². The van der Waals surface area contributed by atoms with E-state index in [0.717, 1.165) is 11.5 Å². The minimum absolute atomic E-state index is 0.252. The Hall–Kier alpha value is -0.870. The summed E-state index contributed by atoms with van der Waals surface area (Å²) in [6.07, 6.45) is 5.24. The lowest BCUT2D eigenvalue weighted by molar-refractivity contribution is 0.438. The minimum Gasteiger partial charge on any atom is -0.308 e. The molecule has 0 bridgehead atoms. The van der Waals surface area contributed by atoms with Gasteiger partial charge in [0.1, 0.15) is 0 Å². The van der Waals surface area contributed by atoms with Crippen molar-refractivity contribution in [3.63, 3.8) is 0 Å². The summed E-state index contributed by atoms with van der Waals surface area (Å²) in [6.45, 7) is 4.35. The van der Waals surface area contributed by atoms with Crippen LogP contribution >= 0.6 is 0 Å². The molecule has 0 heterocycles. The molecule has 0 amide bonds. The highest BCUT2D eigenvalue weighted by molar-refractivity contribution is 7.90. The molecule has 1 aliphatic rings. The number of hydrogen-bond acceptors (Lipinski definition) is 3. The van der Waals surface area contributed by atoms with Crippen LogP contribution in [0.1, 0.15) is 44.7 Å². The fourth-order valence-electron chi connectivity index (χ4n) is 2.45. The van der Waals surface area contributed by atoms with Crippen molar-refractivity contribution in [2.24, 2.45) is 5.92 Å². The molecule has 2 unspecified atom stereocenters. The van der Waals surface area contributed by atoms with Gasteiger partial charge in [0, 0.05) is 18.3 Å². The summed E-state index contributed by atoms with van der Waals surface area (Å²) >= 11 is 0. The molecule has 2 rings (SSSR count). The predicted octanol–water partition coefficient (Wildman–Crippen LogP) is 2.93. The fraction of sp³-hybridized carbons (Fsp3) is 0.600. The van der Waals surface area contributed by atoms with Gasteiger partial charge in [0.05, 0.1) is 4.90 Å². The van der Waals surface area contributed by atoms with Crippen LogP contribution in [0.3, 0.4) is 0 Å². The van der Waals surface area contributed by atoms with Crippen LogP contribution in [0.4, 0.5) is 0 Å². The van der Waals surface area contributed by atoms with Crippen molar-refractivity contribution in [2.75, 3.05) is 6.26 Å². The van der Waals surface area contributed by atoms with E-state index in [1.807, 2.05) is 12.1 Å². The lowest BCUT2D eigenvalue weighted by Gasteiger charge is -2.20. The summed E-state index contributed by atoms with van der Waals surface area (Å²) in [7, 11) is -3.10. The average molecular weight is 281 g/mol. The van der Waals surface area contributed by atoms with Crippen LogP contribution in [-0.4, -0.2) is 20.7 Å². The second-order valence-electron chi connectivity index (χ2n) is 5.81. The number of nitrogens with one attached hydrogen (secondary N) is 1. The molecule has 0 saturated heterocycles. The molecular weight excluding hydrogens is 258 g/mol. The van der Waals surface area contributed by atoms with Gasteiger partial charge in [0.15, 0.2) is 9.84 Å². The van der Waals surface area contributed by atoms with Crippen molar-refractivity contribution in [1.82, 2.24) is 5.32 Å². The summed E-state index contributed by atoms with van der Waals surface area (Å²) in [5.74, 6) is 0.919. The van der Waals surface area contributed by atoms with Gasteiger partial charge in [-0.2, -0.15) is 0 Å². The van der Waals surface area contributed by atoms with Crippen molar-refractivity contribution in [1.29, 1.82) is 0 Å². The van der Waals surface area contributed by atoms with Crippen LogP contribution in [0.25, 0.3) is 0 Å². The molecule has 0 aliphatic heterocycles. The topological polar surface area (TPSA) is 46.2 Å². The molecule has 1 aliphatic carbocycles. The molecule has 106 valence electrons. The van der Waals surface area contributed by atoms with E-state index in [4.69, 9.17) is 0 Å². The Balaban J connectivity index is 1.96. The zero-order chi connectivity index (χ0) is 14.0. The molecule has 1 aromatic carbocycles. The standard InChI is InChI=1S/C15H23NO2S/c1-11(10-13-4-5-13)16-12(2)14-6-8-15(9-7-14)19(3,17)18/h6-9,11-13,16H,4-5,10H2,1-3H3. The molecule has 4 heteroatoms. The van der Waals surface area contributed by atoms with Crippen LogP contribution in [0, 0.1) is 5.92 Å². The summed E-state index contributed by atoms with van der Waals surface area (Å²) in [5, 5.41) is 3.58. The number of sulfone groups is 1. The first-order chi connectivity index (χ1) is 8.86. The van der Waals surface area contributed by atoms with E-state index >= 15 is 0 Å². The molecule has 0 spiro atoms. The van der Waals surface area contributed by atoms with E-state index in [1.54, 1.807) is 12.1 Å². The summed E-state index contributed by atoms with van der Waals surface area (Å²) in [6, 6.07) is 7.94. The maximum atomic E-state index is 11.4. The first-order valence-corrected chi connectivity index (χ1v) is 8.81. The average Bonchev–Trinajstić information content (AvgIpc) is 3.11. The Bertz CT molecular complexity index is 518. The molecule has 0 radical (unpaired) electrons. The highest BCUT2D eigenvalue weighted by atomic mass is 32.2. The van der Waals surface area contributed by atoms with Crippen LogP contribution in [0.5, 0.6) is 0 Å². The van der Waals surface area contributed by atoms with Crippen molar-refractivity contribution in [2.45, 2.75) is 50.1 Å². The Morgan fingerprint density at radius 3 is 2.26 bits per heavy atom. The van der Waals surface area contributed by atoms with E-state index in [1.165, 1.54) is 25.5 Å². The molecule has 3 nitrogen and oxygen atoms in total. The first kappa shape index (κ1) is 14.5. The van der Waals surface area contributed by atoms with E-state index in [0.29, 0.717) is 10.9 Å². The maximum Gasteiger partial charge on any atom is 0.175 e. The van der Waals surface area contributed by atoms with Crippen LogP contribution in [0.2, 0.25) is 0 Å². The van der Waals surface area contributed by atoms with Crippen LogP contribution in [-0.2, 0) is 9.84 Å². The predicted molar refractivity (Wildman–Crippen MR) is 77.9 cm³/mol. The monoisotopic (exact) mass is 281 g/mol. The lowest BCUT2D eigenvalue weighted by Crippen LogP contribution is -2.29. The van der Waals surface area contributed by atoms with Crippen LogP contribution < -0.4 is 5.32 Å². The molecule has 1 saturated carbocycles. The third-order valence-corrected chi connectivity index (χ3v) is 4.86. The smallest absolute Gasteiger partial charge is 0.175 e. The molecular formula is C15H23NO2S. The van der Waals surface area contributed by atoms with Gasteiger partial charge >= 0.3 is 0 Å². The van der Waals surface area contributed by atoms with Gasteiger partial charge in [-0.05, 0) is 43.9 Å². The third-order valence-electron chi connectivity index (χ3n) is 3.73. The van der Waals surface area contributed by atoms with Gasteiger partial charge in [0.2, 0.25) is 0 Å². The molecule has 1 fully saturated rings. The van der Waals surface area contributed by atoms with Gasteiger partial charge < -0.3 is 5.32 Å². The van der Waals surface area contributed by atoms with Gasteiger partial charge in [-0.15, -0.1) is 0 Å². The van der Waals surface area contributed by atoms with Gasteiger partial charge in [-0.3, -0.25) is 0 Å². The fourth-order valence-corrected chi connectivity index (χ4v) is 3.08. The normalized spacial score (nSPS) is 19.1. The number of benzene rings is 1. The quantitative estimate of drug-likeness (QED) is 0.872.